The van der Waals surface area contributed by atoms with Crippen LogP contribution < -0.4 is 14.8 Å². The van der Waals surface area contributed by atoms with Gasteiger partial charge < -0.3 is 14.8 Å². The summed E-state index contributed by atoms with van der Waals surface area (Å²) in [5.74, 6) is 1.48. The van der Waals surface area contributed by atoms with Gasteiger partial charge in [-0.3, -0.25) is 0 Å². The molecule has 0 aliphatic carbocycles. The minimum Gasteiger partial charge on any atom is -0.493 e. The maximum absolute atomic E-state index is 10.3. The number of rotatable bonds is 11. The minimum atomic E-state index is -0.601. The molecule has 0 saturated carbocycles. The highest BCUT2D eigenvalue weighted by molar-refractivity contribution is 5.47. The van der Waals surface area contributed by atoms with E-state index in [0.29, 0.717) is 11.5 Å². The molecule has 0 aliphatic rings. The van der Waals surface area contributed by atoms with Gasteiger partial charge in [0, 0.05) is 0 Å². The van der Waals surface area contributed by atoms with Crippen LogP contribution in [0.5, 0.6) is 11.5 Å². The molecular weight excluding hydrogens is 408 g/mol. The SMILES string of the molecule is COc1ccc(C(C#N)(CCCNC(c2ccccc2)c2ccccc2)C(C)C)cc1OC. The summed E-state index contributed by atoms with van der Waals surface area (Å²) in [5.41, 5.74) is 2.84. The first kappa shape index (κ1) is 24.4. The molecule has 1 unspecified atom stereocenters. The zero-order chi connectivity index (χ0) is 23.7. The zero-order valence-corrected chi connectivity index (χ0v) is 20.0. The van der Waals surface area contributed by atoms with Crippen LogP contribution in [0.3, 0.4) is 0 Å². The highest BCUT2D eigenvalue weighted by Crippen LogP contribution is 2.40. The van der Waals surface area contributed by atoms with Crippen molar-refractivity contribution in [3.63, 3.8) is 0 Å². The molecule has 172 valence electrons. The quantitative estimate of drug-likeness (QED) is 0.355. The number of nitriles is 1. The Kier molecular flexibility index (Phi) is 8.52. The van der Waals surface area contributed by atoms with E-state index >= 15 is 0 Å². The molecule has 0 bridgehead atoms. The largest absolute Gasteiger partial charge is 0.493 e. The molecule has 0 fully saturated rings. The number of nitrogens with one attached hydrogen (secondary N) is 1. The first-order valence-electron chi connectivity index (χ1n) is 11.5. The monoisotopic (exact) mass is 442 g/mol. The van der Waals surface area contributed by atoms with Crippen LogP contribution in [0, 0.1) is 17.2 Å². The molecule has 3 aromatic carbocycles. The average Bonchev–Trinajstić information content (AvgIpc) is 2.87. The number of nitrogens with zero attached hydrogens (tertiary/aromatic N) is 1. The van der Waals surface area contributed by atoms with Crippen molar-refractivity contribution in [2.24, 2.45) is 5.92 Å². The third kappa shape index (κ3) is 5.56. The number of hydrogen-bond donors (Lipinski definition) is 1. The standard InChI is InChI=1S/C29H34N2O2/c1-22(2)29(21-30,25-16-17-26(32-3)27(20-25)33-4)18-11-19-31-28(23-12-7-5-8-13-23)24-14-9-6-10-15-24/h5-10,12-17,20,22,28,31H,11,18-19H2,1-4H3. The molecular formula is C29H34N2O2. The van der Waals surface area contributed by atoms with E-state index in [1.807, 2.05) is 30.3 Å². The summed E-state index contributed by atoms with van der Waals surface area (Å²) in [6, 6.07) is 29.6. The van der Waals surface area contributed by atoms with Gasteiger partial charge in [-0.15, -0.1) is 0 Å². The summed E-state index contributed by atoms with van der Waals surface area (Å²) >= 11 is 0. The van der Waals surface area contributed by atoms with Gasteiger partial charge in [-0.1, -0.05) is 80.6 Å². The van der Waals surface area contributed by atoms with E-state index in [1.165, 1.54) is 11.1 Å². The van der Waals surface area contributed by atoms with Gasteiger partial charge in [0.1, 0.15) is 0 Å². The van der Waals surface area contributed by atoms with E-state index in [0.717, 1.165) is 24.9 Å². The van der Waals surface area contributed by atoms with E-state index in [4.69, 9.17) is 9.47 Å². The van der Waals surface area contributed by atoms with E-state index < -0.39 is 5.41 Å². The van der Waals surface area contributed by atoms with Crippen molar-refractivity contribution in [2.75, 3.05) is 20.8 Å². The number of methoxy groups -OCH3 is 2. The van der Waals surface area contributed by atoms with Crippen molar-refractivity contribution in [3.8, 4) is 17.6 Å². The Morgan fingerprint density at radius 1 is 0.848 bits per heavy atom. The van der Waals surface area contributed by atoms with Gasteiger partial charge in [0.05, 0.1) is 31.7 Å². The van der Waals surface area contributed by atoms with Gasteiger partial charge in [0.2, 0.25) is 0 Å². The third-order valence-electron chi connectivity index (χ3n) is 6.45. The highest BCUT2D eigenvalue weighted by atomic mass is 16.5. The predicted molar refractivity (Wildman–Crippen MR) is 134 cm³/mol. The first-order chi connectivity index (χ1) is 16.1. The van der Waals surface area contributed by atoms with Crippen molar-refractivity contribution in [1.29, 1.82) is 5.26 Å². The first-order valence-corrected chi connectivity index (χ1v) is 11.5. The second kappa shape index (κ2) is 11.5. The van der Waals surface area contributed by atoms with Crippen molar-refractivity contribution >= 4 is 0 Å². The fraction of sp³-hybridized carbons (Fsp3) is 0.345. The molecule has 0 aliphatic heterocycles. The fourth-order valence-corrected chi connectivity index (χ4v) is 4.46. The Labute approximate surface area is 198 Å². The molecule has 0 amide bonds. The Hall–Kier alpha value is -3.29. The summed E-state index contributed by atoms with van der Waals surface area (Å²) < 4.78 is 10.9. The van der Waals surface area contributed by atoms with E-state index in [9.17, 15) is 5.26 Å². The normalized spacial score (nSPS) is 12.9. The van der Waals surface area contributed by atoms with Gasteiger partial charge >= 0.3 is 0 Å². The molecule has 3 aromatic rings. The second-order valence-corrected chi connectivity index (χ2v) is 8.62. The maximum atomic E-state index is 10.3. The van der Waals surface area contributed by atoms with Gasteiger partial charge in [-0.05, 0) is 54.1 Å². The molecule has 1 N–H and O–H groups in total. The molecule has 0 radical (unpaired) electrons. The van der Waals surface area contributed by atoms with Crippen LogP contribution in [-0.2, 0) is 5.41 Å². The highest BCUT2D eigenvalue weighted by Gasteiger charge is 2.36. The Balaban J connectivity index is 1.77. The lowest BCUT2D eigenvalue weighted by Gasteiger charge is -2.32. The van der Waals surface area contributed by atoms with Crippen LogP contribution >= 0.6 is 0 Å². The smallest absolute Gasteiger partial charge is 0.161 e. The molecule has 0 spiro atoms. The number of hydrogen-bond acceptors (Lipinski definition) is 4. The molecule has 3 rings (SSSR count). The van der Waals surface area contributed by atoms with Crippen LogP contribution in [0.4, 0.5) is 0 Å². The lowest BCUT2D eigenvalue weighted by molar-refractivity contribution is 0.340. The summed E-state index contributed by atoms with van der Waals surface area (Å²) in [6.07, 6.45) is 1.62. The van der Waals surface area contributed by atoms with Crippen molar-refractivity contribution < 1.29 is 9.47 Å². The van der Waals surface area contributed by atoms with Crippen LogP contribution in [0.15, 0.2) is 78.9 Å². The van der Waals surface area contributed by atoms with Gasteiger partial charge in [0.25, 0.3) is 0 Å². The summed E-state index contributed by atoms with van der Waals surface area (Å²) in [5, 5.41) is 14.0. The molecule has 0 saturated heterocycles. The Morgan fingerprint density at radius 2 is 1.42 bits per heavy atom. The fourth-order valence-electron chi connectivity index (χ4n) is 4.46. The molecule has 0 aromatic heterocycles. The lowest BCUT2D eigenvalue weighted by atomic mass is 9.69. The van der Waals surface area contributed by atoms with E-state index in [1.54, 1.807) is 14.2 Å². The summed E-state index contributed by atoms with van der Waals surface area (Å²) in [6.45, 7) is 5.03. The lowest BCUT2D eigenvalue weighted by Crippen LogP contribution is -2.32. The van der Waals surface area contributed by atoms with Gasteiger partial charge in [-0.25, -0.2) is 0 Å². The molecule has 4 heteroatoms. The van der Waals surface area contributed by atoms with Crippen molar-refractivity contribution in [1.82, 2.24) is 5.32 Å². The topological polar surface area (TPSA) is 54.3 Å². The van der Waals surface area contributed by atoms with Crippen LogP contribution in [-0.4, -0.2) is 20.8 Å². The number of ether oxygens (including phenoxy) is 2. The van der Waals surface area contributed by atoms with Crippen LogP contribution in [0.1, 0.15) is 49.4 Å². The van der Waals surface area contributed by atoms with Gasteiger partial charge in [0.15, 0.2) is 11.5 Å². The Bertz CT molecular complexity index is 1000. The predicted octanol–water partition coefficient (Wildman–Crippen LogP) is 6.28. The second-order valence-electron chi connectivity index (χ2n) is 8.62. The van der Waals surface area contributed by atoms with E-state index in [2.05, 4.69) is 73.8 Å². The van der Waals surface area contributed by atoms with E-state index in [-0.39, 0.29) is 12.0 Å². The average molecular weight is 443 g/mol. The molecule has 1 atom stereocenters. The van der Waals surface area contributed by atoms with Crippen LogP contribution in [0.2, 0.25) is 0 Å². The molecule has 33 heavy (non-hydrogen) atoms. The molecule has 4 nitrogen and oxygen atoms in total. The van der Waals surface area contributed by atoms with Gasteiger partial charge in [-0.2, -0.15) is 5.26 Å². The minimum absolute atomic E-state index is 0.115. The maximum Gasteiger partial charge on any atom is 0.161 e. The number of benzene rings is 3. The van der Waals surface area contributed by atoms with Crippen LogP contribution in [0.25, 0.3) is 0 Å². The summed E-state index contributed by atoms with van der Waals surface area (Å²) in [7, 11) is 3.25. The molecule has 0 heterocycles. The summed E-state index contributed by atoms with van der Waals surface area (Å²) in [4.78, 5) is 0. The third-order valence-corrected chi connectivity index (χ3v) is 6.45. The van der Waals surface area contributed by atoms with Crippen molar-refractivity contribution in [2.45, 2.75) is 38.1 Å². The zero-order valence-electron chi connectivity index (χ0n) is 20.0. The Morgan fingerprint density at radius 3 is 1.91 bits per heavy atom. The van der Waals surface area contributed by atoms with Crippen molar-refractivity contribution in [3.05, 3.63) is 95.6 Å².